The lowest BCUT2D eigenvalue weighted by molar-refractivity contribution is -0.135. The number of nitrogens with two attached hydrogens (primary N) is 1. The van der Waals surface area contributed by atoms with E-state index in [1.165, 1.54) is 0 Å². The van der Waals surface area contributed by atoms with E-state index in [0.29, 0.717) is 0 Å². The summed E-state index contributed by atoms with van der Waals surface area (Å²) in [7, 11) is 2.12. The lowest BCUT2D eigenvalue weighted by Crippen LogP contribution is -2.47. The molecule has 4 nitrogen and oxygen atoms in total. The van der Waals surface area contributed by atoms with Gasteiger partial charge in [-0.2, -0.15) is 0 Å². The molecule has 0 aromatic heterocycles. The van der Waals surface area contributed by atoms with Crippen LogP contribution in [0, 0.1) is 0 Å². The van der Waals surface area contributed by atoms with Crippen molar-refractivity contribution in [1.29, 1.82) is 0 Å². The van der Waals surface area contributed by atoms with Crippen LogP contribution in [0.1, 0.15) is 31.4 Å². The highest BCUT2D eigenvalue weighted by Gasteiger charge is 2.29. The first-order valence-electron chi connectivity index (χ1n) is 7.43. The van der Waals surface area contributed by atoms with Crippen molar-refractivity contribution in [3.63, 3.8) is 0 Å². The zero-order valence-corrected chi connectivity index (χ0v) is 12.5. The van der Waals surface area contributed by atoms with Crippen LogP contribution in [-0.2, 0) is 4.79 Å². The fourth-order valence-electron chi connectivity index (χ4n) is 2.86. The van der Waals surface area contributed by atoms with Crippen molar-refractivity contribution >= 4 is 5.91 Å². The third-order valence-electron chi connectivity index (χ3n) is 4.08. The Morgan fingerprint density at radius 2 is 2.05 bits per heavy atom. The summed E-state index contributed by atoms with van der Waals surface area (Å²) in [6, 6.07) is 9.36. The van der Waals surface area contributed by atoms with Crippen molar-refractivity contribution in [1.82, 2.24) is 9.80 Å². The fraction of sp³-hybridized carbons (Fsp3) is 0.562. The molecule has 0 bridgehead atoms. The predicted molar refractivity (Wildman–Crippen MR) is 81.3 cm³/mol. The van der Waals surface area contributed by atoms with E-state index in [2.05, 4.69) is 18.9 Å². The number of benzene rings is 1. The maximum atomic E-state index is 12.7. The number of hydrogen-bond acceptors (Lipinski definition) is 3. The topological polar surface area (TPSA) is 49.6 Å². The molecule has 0 radical (unpaired) electrons. The average Bonchev–Trinajstić information content (AvgIpc) is 2.67. The van der Waals surface area contributed by atoms with E-state index in [1.54, 1.807) is 0 Å². The molecule has 0 spiro atoms. The molecule has 2 atom stereocenters. The highest BCUT2D eigenvalue weighted by molar-refractivity contribution is 5.83. The Hall–Kier alpha value is -1.39. The van der Waals surface area contributed by atoms with Gasteiger partial charge >= 0.3 is 0 Å². The Balaban J connectivity index is 2.13. The van der Waals surface area contributed by atoms with Crippen molar-refractivity contribution in [3.8, 4) is 0 Å². The van der Waals surface area contributed by atoms with Crippen LogP contribution >= 0.6 is 0 Å². The third-order valence-corrected chi connectivity index (χ3v) is 4.08. The molecule has 1 saturated heterocycles. The minimum Gasteiger partial charge on any atom is -0.337 e. The lowest BCUT2D eigenvalue weighted by atomic mass is 10.0. The molecule has 1 aliphatic heterocycles. The second kappa shape index (κ2) is 6.86. The maximum Gasteiger partial charge on any atom is 0.244 e. The van der Waals surface area contributed by atoms with Gasteiger partial charge in [-0.05, 0) is 32.0 Å². The summed E-state index contributed by atoms with van der Waals surface area (Å²) >= 11 is 0. The molecule has 2 N–H and O–H groups in total. The van der Waals surface area contributed by atoms with E-state index in [-0.39, 0.29) is 11.9 Å². The van der Waals surface area contributed by atoms with Gasteiger partial charge in [-0.25, -0.2) is 0 Å². The molecule has 1 unspecified atom stereocenters. The Kier molecular flexibility index (Phi) is 5.15. The minimum atomic E-state index is -0.548. The minimum absolute atomic E-state index is 0.0540. The number of amides is 1. The monoisotopic (exact) mass is 275 g/mol. The summed E-state index contributed by atoms with van der Waals surface area (Å²) in [5.41, 5.74) is 7.06. The Morgan fingerprint density at radius 3 is 2.70 bits per heavy atom. The molecule has 1 aromatic rings. The van der Waals surface area contributed by atoms with Gasteiger partial charge in [0.25, 0.3) is 0 Å². The molecule has 0 saturated carbocycles. The molecule has 1 fully saturated rings. The lowest BCUT2D eigenvalue weighted by Gasteiger charge is -2.32. The van der Waals surface area contributed by atoms with Gasteiger partial charge in [-0.3, -0.25) is 4.79 Å². The van der Waals surface area contributed by atoms with Crippen molar-refractivity contribution in [2.45, 2.75) is 31.8 Å². The van der Waals surface area contributed by atoms with E-state index in [4.69, 9.17) is 5.73 Å². The van der Waals surface area contributed by atoms with E-state index in [0.717, 1.165) is 38.0 Å². The SMILES string of the molecule is CCC1CN(C)CCCN1C(=O)[C@H](N)c1ccccc1. The molecule has 20 heavy (non-hydrogen) atoms. The largest absolute Gasteiger partial charge is 0.337 e. The standard InChI is InChI=1S/C16H25N3O/c1-3-14-12-18(2)10-7-11-19(14)16(20)15(17)13-8-5-4-6-9-13/h4-6,8-9,14-15H,3,7,10-12,17H2,1-2H3/t14?,15-/m1/s1. The number of carbonyl (C=O) groups excluding carboxylic acids is 1. The summed E-state index contributed by atoms with van der Waals surface area (Å²) in [6.45, 7) is 4.92. The van der Waals surface area contributed by atoms with E-state index in [9.17, 15) is 4.79 Å². The first kappa shape index (κ1) is 15.0. The maximum absolute atomic E-state index is 12.7. The molecule has 2 rings (SSSR count). The normalized spacial score (nSPS) is 22.4. The van der Waals surface area contributed by atoms with Crippen LogP contribution in [0.2, 0.25) is 0 Å². The van der Waals surface area contributed by atoms with E-state index < -0.39 is 6.04 Å². The second-order valence-electron chi connectivity index (χ2n) is 5.60. The molecular formula is C16H25N3O. The van der Waals surface area contributed by atoms with Crippen molar-refractivity contribution in [3.05, 3.63) is 35.9 Å². The van der Waals surface area contributed by atoms with E-state index >= 15 is 0 Å². The summed E-state index contributed by atoms with van der Waals surface area (Å²) < 4.78 is 0. The zero-order chi connectivity index (χ0) is 14.5. The average molecular weight is 275 g/mol. The Labute approximate surface area is 121 Å². The second-order valence-corrected chi connectivity index (χ2v) is 5.60. The van der Waals surface area contributed by atoms with Gasteiger partial charge in [-0.15, -0.1) is 0 Å². The number of rotatable bonds is 3. The fourth-order valence-corrected chi connectivity index (χ4v) is 2.86. The molecule has 1 aromatic carbocycles. The Bertz CT molecular complexity index is 435. The van der Waals surface area contributed by atoms with Crippen molar-refractivity contribution in [2.24, 2.45) is 5.73 Å². The van der Waals surface area contributed by atoms with Crippen LogP contribution in [0.5, 0.6) is 0 Å². The highest BCUT2D eigenvalue weighted by atomic mass is 16.2. The zero-order valence-electron chi connectivity index (χ0n) is 12.5. The summed E-state index contributed by atoms with van der Waals surface area (Å²) in [5, 5.41) is 0. The predicted octanol–water partition coefficient (Wildman–Crippen LogP) is 1.63. The van der Waals surface area contributed by atoms with Gasteiger partial charge < -0.3 is 15.5 Å². The molecular weight excluding hydrogens is 250 g/mol. The number of likely N-dealkylation sites (N-methyl/N-ethyl adjacent to an activating group) is 1. The summed E-state index contributed by atoms with van der Waals surface area (Å²) in [5.74, 6) is 0.0540. The molecule has 4 heteroatoms. The van der Waals surface area contributed by atoms with Gasteiger partial charge in [0.2, 0.25) is 5.91 Å². The van der Waals surface area contributed by atoms with Crippen LogP contribution in [0.4, 0.5) is 0 Å². The van der Waals surface area contributed by atoms with Crippen LogP contribution in [0.3, 0.4) is 0 Å². The van der Waals surface area contributed by atoms with Crippen LogP contribution in [0.25, 0.3) is 0 Å². The van der Waals surface area contributed by atoms with Crippen molar-refractivity contribution in [2.75, 3.05) is 26.7 Å². The quantitative estimate of drug-likeness (QED) is 0.912. The van der Waals surface area contributed by atoms with Crippen LogP contribution < -0.4 is 5.73 Å². The Morgan fingerprint density at radius 1 is 1.35 bits per heavy atom. The highest BCUT2D eigenvalue weighted by Crippen LogP contribution is 2.18. The molecule has 1 amide bonds. The van der Waals surface area contributed by atoms with E-state index in [1.807, 2.05) is 35.2 Å². The van der Waals surface area contributed by atoms with Gasteiger partial charge in [-0.1, -0.05) is 37.3 Å². The molecule has 1 heterocycles. The molecule has 110 valence electrons. The van der Waals surface area contributed by atoms with Gasteiger partial charge in [0, 0.05) is 19.1 Å². The number of carbonyl (C=O) groups is 1. The smallest absolute Gasteiger partial charge is 0.244 e. The van der Waals surface area contributed by atoms with Crippen LogP contribution in [-0.4, -0.2) is 48.4 Å². The molecule has 0 aliphatic carbocycles. The summed E-state index contributed by atoms with van der Waals surface area (Å²) in [6.07, 6.45) is 1.98. The number of hydrogen-bond donors (Lipinski definition) is 1. The summed E-state index contributed by atoms with van der Waals surface area (Å²) in [4.78, 5) is 17.0. The van der Waals surface area contributed by atoms with Gasteiger partial charge in [0.15, 0.2) is 0 Å². The van der Waals surface area contributed by atoms with Crippen LogP contribution in [0.15, 0.2) is 30.3 Å². The van der Waals surface area contributed by atoms with Gasteiger partial charge in [0.05, 0.1) is 0 Å². The number of nitrogens with zero attached hydrogens (tertiary/aromatic N) is 2. The third kappa shape index (κ3) is 3.38. The molecule has 1 aliphatic rings. The first-order chi connectivity index (χ1) is 9.63. The first-order valence-corrected chi connectivity index (χ1v) is 7.43. The van der Waals surface area contributed by atoms with Gasteiger partial charge in [0.1, 0.15) is 6.04 Å². The van der Waals surface area contributed by atoms with Crippen molar-refractivity contribution < 1.29 is 4.79 Å².